The van der Waals surface area contributed by atoms with Gasteiger partial charge in [-0.2, -0.15) is 0 Å². The fourth-order valence-corrected chi connectivity index (χ4v) is 4.34. The van der Waals surface area contributed by atoms with Crippen molar-refractivity contribution < 1.29 is 17.6 Å². The molecule has 29 heavy (non-hydrogen) atoms. The fraction of sp³-hybridized carbons (Fsp3) is 0.136. The molecule has 3 aromatic rings. The van der Waals surface area contributed by atoms with Crippen LogP contribution < -0.4 is 9.62 Å². The fourth-order valence-electron chi connectivity index (χ4n) is 2.91. The van der Waals surface area contributed by atoms with Gasteiger partial charge in [-0.15, -0.1) is 0 Å². The third kappa shape index (κ3) is 5.00. The molecule has 0 aliphatic carbocycles. The Balaban J connectivity index is 1.89. The van der Waals surface area contributed by atoms with Gasteiger partial charge in [0.1, 0.15) is 12.4 Å². The lowest BCUT2D eigenvalue weighted by Crippen LogP contribution is -2.41. The predicted octanol–water partition coefficient (Wildman–Crippen LogP) is 3.90. The highest BCUT2D eigenvalue weighted by Gasteiger charge is 2.27. The van der Waals surface area contributed by atoms with Crippen LogP contribution in [0.25, 0.3) is 0 Å². The summed E-state index contributed by atoms with van der Waals surface area (Å²) in [7, 11) is -4.06. The Hall–Kier alpha value is -3.19. The van der Waals surface area contributed by atoms with Crippen molar-refractivity contribution in [3.8, 4) is 0 Å². The summed E-state index contributed by atoms with van der Waals surface area (Å²) >= 11 is 0. The number of nitrogens with one attached hydrogen (secondary N) is 1. The highest BCUT2D eigenvalue weighted by Crippen LogP contribution is 2.24. The average Bonchev–Trinajstić information content (AvgIpc) is 2.73. The summed E-state index contributed by atoms with van der Waals surface area (Å²) in [5, 5.41) is 2.80. The smallest absolute Gasteiger partial charge is 0.264 e. The summed E-state index contributed by atoms with van der Waals surface area (Å²) in [5.41, 5.74) is 0.973. The van der Waals surface area contributed by atoms with Crippen LogP contribution in [0.1, 0.15) is 18.5 Å². The quantitative estimate of drug-likeness (QED) is 0.640. The zero-order valence-electron chi connectivity index (χ0n) is 15.8. The van der Waals surface area contributed by atoms with Crippen molar-refractivity contribution in [2.24, 2.45) is 0 Å². The van der Waals surface area contributed by atoms with Gasteiger partial charge in [0.05, 0.1) is 16.6 Å². The summed E-state index contributed by atoms with van der Waals surface area (Å²) in [6.45, 7) is 1.34. The van der Waals surface area contributed by atoms with Gasteiger partial charge in [-0.1, -0.05) is 54.6 Å². The Morgan fingerprint density at radius 1 is 0.966 bits per heavy atom. The number of carbonyl (C=O) groups is 1. The van der Waals surface area contributed by atoms with Crippen LogP contribution >= 0.6 is 0 Å². The largest absolute Gasteiger partial charge is 0.348 e. The van der Waals surface area contributed by atoms with Crippen LogP contribution in [-0.4, -0.2) is 20.9 Å². The normalized spacial score (nSPS) is 12.2. The van der Waals surface area contributed by atoms with Gasteiger partial charge < -0.3 is 5.32 Å². The van der Waals surface area contributed by atoms with Crippen LogP contribution in [-0.2, 0) is 14.8 Å². The third-order valence-electron chi connectivity index (χ3n) is 4.39. The molecule has 0 spiro atoms. The van der Waals surface area contributed by atoms with E-state index in [0.29, 0.717) is 0 Å². The van der Waals surface area contributed by atoms with Crippen molar-refractivity contribution in [2.45, 2.75) is 17.9 Å². The van der Waals surface area contributed by atoms with Gasteiger partial charge in [0.25, 0.3) is 10.0 Å². The van der Waals surface area contributed by atoms with E-state index in [9.17, 15) is 17.6 Å². The molecular formula is C22H21FN2O3S. The number of hydrogen-bond acceptors (Lipinski definition) is 3. The Labute approximate surface area is 169 Å². The number of anilines is 1. The minimum atomic E-state index is -4.06. The van der Waals surface area contributed by atoms with Crippen molar-refractivity contribution in [1.82, 2.24) is 5.32 Å². The molecule has 7 heteroatoms. The maximum atomic E-state index is 13.8. The van der Waals surface area contributed by atoms with E-state index in [1.54, 1.807) is 18.2 Å². The van der Waals surface area contributed by atoms with Crippen LogP contribution in [0.4, 0.5) is 10.1 Å². The van der Waals surface area contributed by atoms with Crippen LogP contribution in [0.2, 0.25) is 0 Å². The summed E-state index contributed by atoms with van der Waals surface area (Å²) in [4.78, 5) is 12.7. The van der Waals surface area contributed by atoms with Gasteiger partial charge in [0.2, 0.25) is 5.91 Å². The van der Waals surface area contributed by atoms with E-state index in [1.807, 2.05) is 37.3 Å². The Morgan fingerprint density at radius 3 is 2.21 bits per heavy atom. The number of hydrogen-bond donors (Lipinski definition) is 1. The molecule has 0 saturated carbocycles. The first-order chi connectivity index (χ1) is 13.9. The molecule has 0 bridgehead atoms. The highest BCUT2D eigenvalue weighted by molar-refractivity contribution is 7.92. The number of benzene rings is 3. The molecule has 5 nitrogen and oxygen atoms in total. The molecular weight excluding hydrogens is 391 g/mol. The molecule has 150 valence electrons. The minimum absolute atomic E-state index is 0.0215. The molecule has 0 heterocycles. The van der Waals surface area contributed by atoms with Gasteiger partial charge in [-0.25, -0.2) is 12.8 Å². The number of carbonyl (C=O) groups excluding carboxylic acids is 1. The molecule has 0 fully saturated rings. The second kappa shape index (κ2) is 8.87. The van der Waals surface area contributed by atoms with Crippen LogP contribution in [0, 0.1) is 5.82 Å². The van der Waals surface area contributed by atoms with Crippen molar-refractivity contribution in [3.63, 3.8) is 0 Å². The Bertz CT molecular complexity index is 1070. The lowest BCUT2D eigenvalue weighted by Gasteiger charge is -2.25. The topological polar surface area (TPSA) is 66.5 Å². The summed E-state index contributed by atoms with van der Waals surface area (Å²) in [5.74, 6) is -1.08. The molecule has 0 aliphatic heterocycles. The van der Waals surface area contributed by atoms with E-state index in [4.69, 9.17) is 0 Å². The average molecular weight is 412 g/mol. The van der Waals surface area contributed by atoms with Gasteiger partial charge in [0, 0.05) is 0 Å². The molecule has 3 rings (SSSR count). The molecule has 0 saturated heterocycles. The number of sulfonamides is 1. The lowest BCUT2D eigenvalue weighted by atomic mass is 10.1. The van der Waals surface area contributed by atoms with Gasteiger partial charge in [-0.05, 0) is 42.8 Å². The highest BCUT2D eigenvalue weighted by atomic mass is 32.2. The van der Waals surface area contributed by atoms with E-state index < -0.39 is 28.3 Å². The molecule has 1 amide bonds. The van der Waals surface area contributed by atoms with E-state index in [-0.39, 0.29) is 16.6 Å². The molecule has 1 unspecified atom stereocenters. The lowest BCUT2D eigenvalue weighted by molar-refractivity contribution is -0.120. The number of rotatable bonds is 7. The van der Waals surface area contributed by atoms with Crippen LogP contribution in [0.15, 0.2) is 89.8 Å². The van der Waals surface area contributed by atoms with E-state index >= 15 is 0 Å². The van der Waals surface area contributed by atoms with Crippen LogP contribution in [0.3, 0.4) is 0 Å². The first kappa shape index (κ1) is 20.5. The predicted molar refractivity (Wildman–Crippen MR) is 110 cm³/mol. The Kier molecular flexibility index (Phi) is 6.29. The molecule has 3 aromatic carbocycles. The summed E-state index contributed by atoms with van der Waals surface area (Å²) < 4.78 is 41.0. The molecule has 0 radical (unpaired) electrons. The maximum Gasteiger partial charge on any atom is 0.264 e. The second-order valence-electron chi connectivity index (χ2n) is 6.50. The minimum Gasteiger partial charge on any atom is -0.348 e. The van der Waals surface area contributed by atoms with Crippen molar-refractivity contribution in [2.75, 3.05) is 10.8 Å². The maximum absolute atomic E-state index is 13.8. The molecule has 1 N–H and O–H groups in total. The first-order valence-corrected chi connectivity index (χ1v) is 10.5. The summed E-state index contributed by atoms with van der Waals surface area (Å²) in [6.07, 6.45) is 0. The standard InChI is InChI=1S/C22H21FN2O3S/c1-17(18-9-4-2-5-10-18)24-22(26)16-25(20-12-8-11-19(23)15-20)29(27,28)21-13-6-3-7-14-21/h2-15,17H,16H2,1H3,(H,24,26). The monoisotopic (exact) mass is 412 g/mol. The number of halogens is 1. The van der Waals surface area contributed by atoms with Crippen molar-refractivity contribution >= 4 is 21.6 Å². The zero-order chi connectivity index (χ0) is 20.9. The Morgan fingerprint density at radius 2 is 1.59 bits per heavy atom. The molecule has 1 atom stereocenters. The number of amides is 1. The van der Waals surface area contributed by atoms with E-state index in [0.717, 1.165) is 15.9 Å². The van der Waals surface area contributed by atoms with E-state index in [2.05, 4.69) is 5.32 Å². The number of nitrogens with zero attached hydrogens (tertiary/aromatic N) is 1. The molecule has 0 aromatic heterocycles. The SMILES string of the molecule is CC(NC(=O)CN(c1cccc(F)c1)S(=O)(=O)c1ccccc1)c1ccccc1. The third-order valence-corrected chi connectivity index (χ3v) is 6.18. The van der Waals surface area contributed by atoms with Crippen LogP contribution in [0.5, 0.6) is 0 Å². The van der Waals surface area contributed by atoms with E-state index in [1.165, 1.54) is 30.3 Å². The summed E-state index contributed by atoms with van der Waals surface area (Å²) in [6, 6.07) is 21.9. The zero-order valence-corrected chi connectivity index (χ0v) is 16.6. The first-order valence-electron chi connectivity index (χ1n) is 9.05. The van der Waals surface area contributed by atoms with Crippen molar-refractivity contribution in [3.05, 3.63) is 96.3 Å². The van der Waals surface area contributed by atoms with Gasteiger partial charge in [-0.3, -0.25) is 9.10 Å². The van der Waals surface area contributed by atoms with Gasteiger partial charge in [0.15, 0.2) is 0 Å². The van der Waals surface area contributed by atoms with Crippen molar-refractivity contribution in [1.29, 1.82) is 0 Å². The second-order valence-corrected chi connectivity index (χ2v) is 8.37. The molecule has 0 aliphatic rings. The van der Waals surface area contributed by atoms with Gasteiger partial charge >= 0.3 is 0 Å².